The normalized spacial score (nSPS) is 11.7. The summed E-state index contributed by atoms with van der Waals surface area (Å²) >= 11 is 0. The molecule has 2 aromatic carbocycles. The Bertz CT molecular complexity index is 1290. The molecular weight excluding hydrogens is 470 g/mol. The number of furan rings is 1. The predicted octanol–water partition coefficient (Wildman–Crippen LogP) is -1.86. The highest BCUT2D eigenvalue weighted by atomic mass is 35.7. The highest BCUT2D eigenvalue weighted by molar-refractivity contribution is 5.79. The minimum absolute atomic E-state index is 0.550. The molecule has 4 aromatic rings. The predicted molar refractivity (Wildman–Crippen MR) is 108 cm³/mol. The largest absolute Gasteiger partial charge is 0.497 e. The van der Waals surface area contributed by atoms with Crippen LogP contribution in [0.4, 0.5) is 0 Å². The van der Waals surface area contributed by atoms with Crippen molar-refractivity contribution >= 4 is 11.0 Å². The van der Waals surface area contributed by atoms with E-state index in [1.807, 2.05) is 54.6 Å². The lowest BCUT2D eigenvalue weighted by molar-refractivity contribution is -2.00. The van der Waals surface area contributed by atoms with Crippen molar-refractivity contribution in [1.82, 2.24) is 0 Å². The fourth-order valence-corrected chi connectivity index (χ4v) is 3.17. The standard InChI is InChI=1S/C23H21NO5.ClHO4/c1-25-16-7-9-20-18(12-16)19(24-14-17-5-4-10-28-17)13-22(29-20)15-6-8-21(26-2)23(11-15)27-3;2-1(3,4)5/h4-13H,14H2,1-3H3;(H,2,3,4,5). The molecule has 4 rings (SSSR count). The summed E-state index contributed by atoms with van der Waals surface area (Å²) in [6.07, 6.45) is 1.66. The van der Waals surface area contributed by atoms with Crippen molar-refractivity contribution in [2.24, 2.45) is 0 Å². The summed E-state index contributed by atoms with van der Waals surface area (Å²) in [5.74, 6) is 3.60. The van der Waals surface area contributed by atoms with Crippen LogP contribution in [0.25, 0.3) is 22.3 Å². The van der Waals surface area contributed by atoms with E-state index in [2.05, 4.69) is 4.99 Å². The first-order valence-electron chi connectivity index (χ1n) is 9.77. The Kier molecular flexibility index (Phi) is 8.16. The zero-order valence-electron chi connectivity index (χ0n) is 18.5. The molecule has 0 unspecified atom stereocenters. The van der Waals surface area contributed by atoms with Crippen LogP contribution in [0.5, 0.6) is 17.2 Å². The Labute approximate surface area is 196 Å². The SMILES string of the molecule is COc1ccc2oc(-c3ccc(OC)c(OC)c3)cc(=[NH+]Cc3ccco3)c2c1.[O-][Cl+3]([O-])([O-])[O-]. The van der Waals surface area contributed by atoms with Crippen LogP contribution in [0.3, 0.4) is 0 Å². The Morgan fingerprint density at radius 3 is 2.21 bits per heavy atom. The summed E-state index contributed by atoms with van der Waals surface area (Å²) in [6, 6.07) is 17.2. The molecule has 2 aromatic heterocycles. The second-order valence-corrected chi connectivity index (χ2v) is 7.52. The molecule has 0 radical (unpaired) electrons. The van der Waals surface area contributed by atoms with Crippen LogP contribution in [0.1, 0.15) is 5.76 Å². The molecule has 0 aliphatic heterocycles. The molecule has 0 fully saturated rings. The molecule has 0 aliphatic carbocycles. The number of halogens is 1. The van der Waals surface area contributed by atoms with Crippen LogP contribution in [-0.2, 0) is 6.54 Å². The van der Waals surface area contributed by atoms with Crippen molar-refractivity contribution < 1.29 is 56.9 Å². The first-order valence-corrected chi connectivity index (χ1v) is 11.0. The van der Waals surface area contributed by atoms with Gasteiger partial charge >= 0.3 is 0 Å². The van der Waals surface area contributed by atoms with Crippen LogP contribution in [0.15, 0.2) is 69.7 Å². The second kappa shape index (κ2) is 11.1. The third-order valence-electron chi connectivity index (χ3n) is 4.67. The van der Waals surface area contributed by atoms with Gasteiger partial charge < -0.3 is 23.0 Å². The average molecular weight is 492 g/mol. The zero-order valence-corrected chi connectivity index (χ0v) is 19.3. The van der Waals surface area contributed by atoms with Gasteiger partial charge in [-0.2, -0.15) is 0 Å². The quantitative estimate of drug-likeness (QED) is 0.326. The van der Waals surface area contributed by atoms with Gasteiger partial charge in [-0.1, -0.05) is 0 Å². The minimum atomic E-state index is -4.94. The third kappa shape index (κ3) is 6.73. The fourth-order valence-electron chi connectivity index (χ4n) is 3.17. The lowest BCUT2D eigenvalue weighted by atomic mass is 10.1. The Hall–Kier alpha value is -3.54. The van der Waals surface area contributed by atoms with E-state index >= 15 is 0 Å². The lowest BCUT2D eigenvalue weighted by Gasteiger charge is -2.17. The first kappa shape index (κ1) is 25.1. The molecule has 0 amide bonds. The van der Waals surface area contributed by atoms with E-state index in [1.54, 1.807) is 27.6 Å². The van der Waals surface area contributed by atoms with Gasteiger partial charge in [0.1, 0.15) is 17.1 Å². The highest BCUT2D eigenvalue weighted by Crippen LogP contribution is 2.33. The molecule has 0 atom stereocenters. The Morgan fingerprint density at radius 2 is 1.59 bits per heavy atom. The molecule has 0 saturated heterocycles. The number of rotatable bonds is 6. The summed E-state index contributed by atoms with van der Waals surface area (Å²) in [6.45, 7) is 0.550. The van der Waals surface area contributed by atoms with Gasteiger partial charge in [0, 0.05) is 5.56 Å². The maximum Gasteiger partial charge on any atom is 0.213 e. The molecule has 0 aliphatic rings. The van der Waals surface area contributed by atoms with Crippen LogP contribution in [-0.4, -0.2) is 21.3 Å². The number of hydrogen-bond acceptors (Lipinski definition) is 9. The third-order valence-corrected chi connectivity index (χ3v) is 4.67. The fraction of sp³-hybridized carbons (Fsp3) is 0.174. The molecule has 2 heterocycles. The first-order chi connectivity index (χ1) is 16.2. The number of fused-ring (bicyclic) bond motifs is 1. The van der Waals surface area contributed by atoms with E-state index < -0.39 is 10.2 Å². The van der Waals surface area contributed by atoms with E-state index in [-0.39, 0.29) is 0 Å². The number of methoxy groups -OCH3 is 3. The van der Waals surface area contributed by atoms with Gasteiger partial charge in [-0.15, -0.1) is 10.2 Å². The van der Waals surface area contributed by atoms with E-state index in [4.69, 9.17) is 41.7 Å². The van der Waals surface area contributed by atoms with Crippen LogP contribution in [0.2, 0.25) is 0 Å². The van der Waals surface area contributed by atoms with Gasteiger partial charge in [0.2, 0.25) is 5.36 Å². The summed E-state index contributed by atoms with van der Waals surface area (Å²) in [5.41, 5.74) is 1.61. The Balaban J connectivity index is 0.000000588. The van der Waals surface area contributed by atoms with E-state index in [0.717, 1.165) is 33.4 Å². The van der Waals surface area contributed by atoms with Crippen LogP contribution in [0, 0.1) is 10.2 Å². The molecule has 11 heteroatoms. The van der Waals surface area contributed by atoms with Crippen LogP contribution < -0.4 is 43.2 Å². The van der Waals surface area contributed by atoms with E-state index in [0.29, 0.717) is 23.8 Å². The van der Waals surface area contributed by atoms with Gasteiger partial charge in [-0.3, -0.25) is 0 Å². The van der Waals surface area contributed by atoms with Crippen LogP contribution >= 0.6 is 0 Å². The van der Waals surface area contributed by atoms with E-state index in [9.17, 15) is 0 Å². The highest BCUT2D eigenvalue weighted by Gasteiger charge is 2.13. The topological polar surface area (TPSA) is 160 Å². The maximum absolute atomic E-state index is 8.49. The molecular formula is C23H22ClNO9. The second-order valence-electron chi connectivity index (χ2n) is 6.77. The zero-order chi connectivity index (χ0) is 24.7. The number of ether oxygens (including phenoxy) is 3. The summed E-state index contributed by atoms with van der Waals surface area (Å²) in [4.78, 5) is 3.44. The molecule has 0 spiro atoms. The van der Waals surface area contributed by atoms with Gasteiger partial charge in [-0.25, -0.2) is 23.6 Å². The van der Waals surface area contributed by atoms with Gasteiger partial charge in [0.25, 0.3) is 0 Å². The molecule has 0 saturated carbocycles. The minimum Gasteiger partial charge on any atom is -0.497 e. The van der Waals surface area contributed by atoms with Gasteiger partial charge in [0.05, 0.1) is 39.0 Å². The summed E-state index contributed by atoms with van der Waals surface area (Å²) in [7, 11) is -0.0734. The monoisotopic (exact) mass is 491 g/mol. The molecule has 0 bridgehead atoms. The number of benzene rings is 2. The summed E-state index contributed by atoms with van der Waals surface area (Å²) < 4.78 is 61.7. The molecule has 10 nitrogen and oxygen atoms in total. The van der Waals surface area contributed by atoms with Crippen molar-refractivity contribution in [1.29, 1.82) is 0 Å². The summed E-state index contributed by atoms with van der Waals surface area (Å²) in [5, 5.41) is 1.83. The lowest BCUT2D eigenvalue weighted by Crippen LogP contribution is -2.74. The van der Waals surface area contributed by atoms with Crippen molar-refractivity contribution in [2.45, 2.75) is 6.54 Å². The van der Waals surface area contributed by atoms with Crippen molar-refractivity contribution in [3.05, 3.63) is 72.0 Å². The Morgan fingerprint density at radius 1 is 0.853 bits per heavy atom. The smallest absolute Gasteiger partial charge is 0.213 e. The molecule has 1 N–H and O–H groups in total. The van der Waals surface area contributed by atoms with Crippen molar-refractivity contribution in [2.75, 3.05) is 21.3 Å². The van der Waals surface area contributed by atoms with Gasteiger partial charge in [-0.05, 0) is 48.5 Å². The number of hydrogen-bond donors (Lipinski definition) is 1. The van der Waals surface area contributed by atoms with E-state index in [1.165, 1.54) is 0 Å². The molecule has 180 valence electrons. The van der Waals surface area contributed by atoms with Crippen molar-refractivity contribution in [3.8, 4) is 28.6 Å². The average Bonchev–Trinajstić information content (AvgIpc) is 3.34. The molecule has 34 heavy (non-hydrogen) atoms. The maximum atomic E-state index is 8.49. The number of nitrogens with one attached hydrogen (secondary N) is 1. The van der Waals surface area contributed by atoms with Crippen molar-refractivity contribution in [3.63, 3.8) is 0 Å². The van der Waals surface area contributed by atoms with Gasteiger partial charge in [0.15, 0.2) is 23.8 Å².